The predicted octanol–water partition coefficient (Wildman–Crippen LogP) is 3.56. The van der Waals surface area contributed by atoms with Gasteiger partial charge in [-0.15, -0.1) is 5.75 Å². The summed E-state index contributed by atoms with van der Waals surface area (Å²) in [4.78, 5) is 23.0. The minimum atomic E-state index is -1.28. The molecule has 0 atom stereocenters. The second kappa shape index (κ2) is 8.60. The summed E-state index contributed by atoms with van der Waals surface area (Å²) in [6.45, 7) is 0.250. The minimum absolute atomic E-state index is 0.0822. The molecule has 2 N–H and O–H groups in total. The molecule has 6 nitrogen and oxygen atoms in total. The van der Waals surface area contributed by atoms with Crippen LogP contribution in [0.1, 0.15) is 23.2 Å². The van der Waals surface area contributed by atoms with Crippen molar-refractivity contribution < 1.29 is 24.5 Å². The zero-order chi connectivity index (χ0) is 18.4. The number of carbonyl (C=O) groups excluding carboxylic acids is 1. The van der Waals surface area contributed by atoms with E-state index in [4.69, 9.17) is 33.0 Å². The normalized spacial score (nSPS) is 10.3. The zero-order valence-corrected chi connectivity index (χ0v) is 14.4. The molecule has 0 heterocycles. The van der Waals surface area contributed by atoms with Crippen LogP contribution in [0.2, 0.25) is 10.0 Å². The minimum Gasteiger partial charge on any atom is -0.872 e. The molecule has 0 saturated heterocycles. The molecule has 1 amide bonds. The number of anilines is 1. The smallest absolute Gasteiger partial charge is 0.337 e. The maximum Gasteiger partial charge on any atom is 0.337 e. The Morgan fingerprint density at radius 2 is 1.92 bits per heavy atom. The Bertz CT molecular complexity index is 795. The maximum atomic E-state index is 11.9. The highest BCUT2D eigenvalue weighted by Crippen LogP contribution is 2.27. The highest BCUT2D eigenvalue weighted by Gasteiger charge is 2.12. The fourth-order valence-corrected chi connectivity index (χ4v) is 2.49. The van der Waals surface area contributed by atoms with Crippen LogP contribution in [0.25, 0.3) is 0 Å². The molecule has 2 aromatic rings. The number of halogens is 2. The average Bonchev–Trinajstić information content (AvgIpc) is 2.54. The molecule has 8 heteroatoms. The van der Waals surface area contributed by atoms with Crippen LogP contribution in [-0.4, -0.2) is 23.6 Å². The molecule has 0 fully saturated rings. The highest BCUT2D eigenvalue weighted by molar-refractivity contribution is 6.35. The van der Waals surface area contributed by atoms with E-state index >= 15 is 0 Å². The standard InChI is InChI=1S/C17H15Cl2NO5/c18-10-3-6-15(13(19)8-10)25-7-1-2-16(22)20-14-5-4-11(21)9-12(14)17(23)24/h3-6,8-9,21H,1-2,7H2,(H,20,22)(H,23,24)/p-1. The van der Waals surface area contributed by atoms with Gasteiger partial charge in [0.05, 0.1) is 22.9 Å². The molecule has 25 heavy (non-hydrogen) atoms. The van der Waals surface area contributed by atoms with Crippen LogP contribution in [0.4, 0.5) is 5.69 Å². The first-order chi connectivity index (χ1) is 11.9. The van der Waals surface area contributed by atoms with Crippen molar-refractivity contribution in [2.45, 2.75) is 12.8 Å². The Morgan fingerprint density at radius 3 is 2.60 bits per heavy atom. The summed E-state index contributed by atoms with van der Waals surface area (Å²) >= 11 is 11.8. The van der Waals surface area contributed by atoms with E-state index in [0.29, 0.717) is 22.2 Å². The molecule has 0 aliphatic carbocycles. The molecular formula is C17H14Cl2NO5-. The van der Waals surface area contributed by atoms with E-state index < -0.39 is 11.7 Å². The number of carboxylic acids is 1. The molecule has 2 rings (SSSR count). The monoisotopic (exact) mass is 382 g/mol. The van der Waals surface area contributed by atoms with Crippen LogP contribution in [0.15, 0.2) is 36.4 Å². The van der Waals surface area contributed by atoms with Gasteiger partial charge in [0.25, 0.3) is 0 Å². The summed E-state index contributed by atoms with van der Waals surface area (Å²) in [7, 11) is 0. The van der Waals surface area contributed by atoms with Crippen LogP contribution in [0.5, 0.6) is 11.5 Å². The molecule has 0 aromatic heterocycles. The Kier molecular flexibility index (Phi) is 6.50. The number of aromatic carboxylic acids is 1. The van der Waals surface area contributed by atoms with Crippen molar-refractivity contribution in [1.82, 2.24) is 0 Å². The first-order valence-corrected chi connectivity index (χ1v) is 8.04. The Balaban J connectivity index is 1.84. The van der Waals surface area contributed by atoms with Gasteiger partial charge < -0.3 is 20.3 Å². The quantitative estimate of drug-likeness (QED) is 0.713. The van der Waals surface area contributed by atoms with Crippen LogP contribution in [0.3, 0.4) is 0 Å². The topological polar surface area (TPSA) is 98.7 Å². The van der Waals surface area contributed by atoms with Crippen LogP contribution in [-0.2, 0) is 4.79 Å². The fourth-order valence-electron chi connectivity index (χ4n) is 2.03. The number of hydrogen-bond donors (Lipinski definition) is 2. The number of carbonyl (C=O) groups is 2. The van der Waals surface area contributed by atoms with Crippen molar-refractivity contribution in [3.63, 3.8) is 0 Å². The predicted molar refractivity (Wildman–Crippen MR) is 92.7 cm³/mol. The number of hydrogen-bond acceptors (Lipinski definition) is 4. The van der Waals surface area contributed by atoms with Crippen molar-refractivity contribution in [2.75, 3.05) is 11.9 Å². The largest absolute Gasteiger partial charge is 0.872 e. The van der Waals surface area contributed by atoms with E-state index in [0.717, 1.165) is 6.07 Å². The van der Waals surface area contributed by atoms with Gasteiger partial charge in [0.2, 0.25) is 5.91 Å². The van der Waals surface area contributed by atoms with Gasteiger partial charge in [0.15, 0.2) is 0 Å². The fraction of sp³-hybridized carbons (Fsp3) is 0.176. The lowest BCUT2D eigenvalue weighted by Gasteiger charge is -2.12. The van der Waals surface area contributed by atoms with E-state index in [2.05, 4.69) is 5.32 Å². The summed E-state index contributed by atoms with van der Waals surface area (Å²) < 4.78 is 5.46. The lowest BCUT2D eigenvalue weighted by Crippen LogP contribution is -2.15. The van der Waals surface area contributed by atoms with Crippen molar-refractivity contribution in [2.24, 2.45) is 0 Å². The van der Waals surface area contributed by atoms with E-state index in [-0.39, 0.29) is 30.2 Å². The maximum absolute atomic E-state index is 11.9. The van der Waals surface area contributed by atoms with Gasteiger partial charge in [0, 0.05) is 11.4 Å². The van der Waals surface area contributed by atoms with Gasteiger partial charge in [-0.05, 0) is 30.7 Å². The number of amides is 1. The van der Waals surface area contributed by atoms with Crippen molar-refractivity contribution in [1.29, 1.82) is 0 Å². The second-order valence-electron chi connectivity index (χ2n) is 5.09. The Morgan fingerprint density at radius 1 is 1.16 bits per heavy atom. The summed E-state index contributed by atoms with van der Waals surface area (Å²) in [5, 5.41) is 23.6. The van der Waals surface area contributed by atoms with E-state index in [1.807, 2.05) is 0 Å². The third-order valence-corrected chi connectivity index (χ3v) is 3.73. The molecular weight excluding hydrogens is 369 g/mol. The molecule has 0 aliphatic heterocycles. The van der Waals surface area contributed by atoms with Gasteiger partial charge >= 0.3 is 5.97 Å². The Labute approximate surface area is 153 Å². The van der Waals surface area contributed by atoms with Crippen molar-refractivity contribution in [3.8, 4) is 11.5 Å². The molecule has 0 bridgehead atoms. The molecule has 132 valence electrons. The third kappa shape index (κ3) is 5.55. The zero-order valence-electron chi connectivity index (χ0n) is 12.9. The van der Waals surface area contributed by atoms with Gasteiger partial charge in [-0.3, -0.25) is 4.79 Å². The second-order valence-corrected chi connectivity index (χ2v) is 5.93. The summed E-state index contributed by atoms with van der Waals surface area (Å²) in [6.07, 6.45) is 0.510. The Hall–Kier alpha value is -2.44. The number of nitrogens with one attached hydrogen (secondary N) is 1. The SMILES string of the molecule is O=C(CCCOc1ccc(Cl)cc1Cl)Nc1ccc([O-])cc1C(=O)O. The van der Waals surface area contributed by atoms with Crippen molar-refractivity contribution in [3.05, 3.63) is 52.0 Å². The van der Waals surface area contributed by atoms with Gasteiger partial charge in [0.1, 0.15) is 5.75 Å². The number of benzene rings is 2. The molecule has 2 aromatic carbocycles. The number of ether oxygens (including phenoxy) is 1. The van der Waals surface area contributed by atoms with Crippen molar-refractivity contribution >= 4 is 40.8 Å². The van der Waals surface area contributed by atoms with Gasteiger partial charge in [-0.1, -0.05) is 35.3 Å². The first-order valence-electron chi connectivity index (χ1n) is 7.29. The van der Waals surface area contributed by atoms with Gasteiger partial charge in [-0.2, -0.15) is 0 Å². The molecule has 0 unspecified atom stereocenters. The molecule has 0 saturated carbocycles. The highest BCUT2D eigenvalue weighted by atomic mass is 35.5. The summed E-state index contributed by atoms with van der Waals surface area (Å²) in [5.74, 6) is -1.64. The summed E-state index contributed by atoms with van der Waals surface area (Å²) in [5.41, 5.74) is -0.163. The number of carboxylic acid groups (broad SMARTS) is 1. The van der Waals surface area contributed by atoms with E-state index in [9.17, 15) is 14.7 Å². The van der Waals surface area contributed by atoms with Gasteiger partial charge in [-0.25, -0.2) is 4.79 Å². The molecule has 0 aliphatic rings. The molecule has 0 spiro atoms. The third-order valence-electron chi connectivity index (χ3n) is 3.20. The lowest BCUT2D eigenvalue weighted by molar-refractivity contribution is -0.268. The van der Waals surface area contributed by atoms with Crippen LogP contribution in [0, 0.1) is 0 Å². The van der Waals surface area contributed by atoms with E-state index in [1.54, 1.807) is 18.2 Å². The lowest BCUT2D eigenvalue weighted by atomic mass is 10.1. The average molecular weight is 383 g/mol. The van der Waals surface area contributed by atoms with Crippen LogP contribution < -0.4 is 15.2 Å². The number of rotatable bonds is 7. The molecule has 0 radical (unpaired) electrons. The first kappa shape index (κ1) is 18.9. The summed E-state index contributed by atoms with van der Waals surface area (Å²) in [6, 6.07) is 8.25. The van der Waals surface area contributed by atoms with Crippen LogP contribution >= 0.6 is 23.2 Å². The van der Waals surface area contributed by atoms with E-state index in [1.165, 1.54) is 12.1 Å².